The lowest BCUT2D eigenvalue weighted by Crippen LogP contribution is -2.12. The summed E-state index contributed by atoms with van der Waals surface area (Å²) in [7, 11) is 0. The van der Waals surface area contributed by atoms with Crippen LogP contribution in [0, 0.1) is 3.57 Å². The van der Waals surface area contributed by atoms with E-state index in [1.165, 1.54) is 0 Å². The summed E-state index contributed by atoms with van der Waals surface area (Å²) in [6, 6.07) is 16.7. The van der Waals surface area contributed by atoms with Gasteiger partial charge in [0, 0.05) is 14.7 Å². The molecule has 0 atom stereocenters. The second-order valence-corrected chi connectivity index (χ2v) is 5.49. The molecule has 1 aromatic heterocycles. The van der Waals surface area contributed by atoms with Crippen LogP contribution in [0.5, 0.6) is 0 Å². The Morgan fingerprint density at radius 3 is 2.62 bits per heavy atom. The van der Waals surface area contributed by atoms with Gasteiger partial charge in [0.15, 0.2) is 0 Å². The number of hydrogen-bond acceptors (Lipinski definition) is 4. The predicted octanol–water partition coefficient (Wildman–Crippen LogP) is 3.59. The van der Waals surface area contributed by atoms with Crippen molar-refractivity contribution in [1.82, 2.24) is 10.2 Å². The summed E-state index contributed by atoms with van der Waals surface area (Å²) in [5.74, 6) is 0.0883. The summed E-state index contributed by atoms with van der Waals surface area (Å²) in [6.07, 6.45) is 0. The zero-order valence-corrected chi connectivity index (χ0v) is 12.9. The number of halogens is 1. The fourth-order valence-corrected chi connectivity index (χ4v) is 2.31. The first-order valence-corrected chi connectivity index (χ1v) is 7.26. The maximum atomic E-state index is 12.1. The summed E-state index contributed by atoms with van der Waals surface area (Å²) >= 11 is 2.15. The van der Waals surface area contributed by atoms with E-state index >= 15 is 0 Å². The lowest BCUT2D eigenvalue weighted by molar-refractivity contribution is 0.102. The monoisotopic (exact) mass is 391 g/mol. The van der Waals surface area contributed by atoms with E-state index in [4.69, 9.17) is 4.42 Å². The zero-order valence-electron chi connectivity index (χ0n) is 10.8. The summed E-state index contributed by atoms with van der Waals surface area (Å²) in [5, 5.41) is 10.3. The van der Waals surface area contributed by atoms with Crippen molar-refractivity contribution >= 4 is 34.5 Å². The maximum Gasteiger partial charge on any atom is 0.322 e. The molecular weight excluding hydrogens is 381 g/mol. The van der Waals surface area contributed by atoms with Crippen molar-refractivity contribution in [2.24, 2.45) is 0 Å². The predicted molar refractivity (Wildman–Crippen MR) is 86.8 cm³/mol. The standard InChI is InChI=1S/C15H10IN3O2/c16-12-8-4-7-11(9-12)13(20)17-15-19-18-14(21-15)10-5-2-1-3-6-10/h1-9H,(H,17,19,20). The molecule has 2 aromatic carbocycles. The number of aromatic nitrogens is 2. The second-order valence-electron chi connectivity index (χ2n) is 4.24. The third kappa shape index (κ3) is 3.27. The van der Waals surface area contributed by atoms with Gasteiger partial charge in [-0.15, -0.1) is 5.10 Å². The van der Waals surface area contributed by atoms with Crippen LogP contribution < -0.4 is 5.32 Å². The SMILES string of the molecule is O=C(Nc1nnc(-c2ccccc2)o1)c1cccc(I)c1. The average Bonchev–Trinajstić information content (AvgIpc) is 2.97. The van der Waals surface area contributed by atoms with Gasteiger partial charge in [0.2, 0.25) is 5.89 Å². The molecule has 1 amide bonds. The number of benzene rings is 2. The molecule has 1 N–H and O–H groups in total. The van der Waals surface area contributed by atoms with Crippen LogP contribution in [0.15, 0.2) is 59.0 Å². The van der Waals surface area contributed by atoms with Gasteiger partial charge in [-0.25, -0.2) is 0 Å². The molecule has 0 bridgehead atoms. The molecular formula is C15H10IN3O2. The molecule has 21 heavy (non-hydrogen) atoms. The topological polar surface area (TPSA) is 68.0 Å². The highest BCUT2D eigenvalue weighted by atomic mass is 127. The number of amides is 1. The highest BCUT2D eigenvalue weighted by Crippen LogP contribution is 2.19. The van der Waals surface area contributed by atoms with E-state index in [1.54, 1.807) is 12.1 Å². The minimum atomic E-state index is -0.281. The summed E-state index contributed by atoms with van der Waals surface area (Å²) in [4.78, 5) is 12.1. The highest BCUT2D eigenvalue weighted by Gasteiger charge is 2.12. The van der Waals surface area contributed by atoms with Crippen LogP contribution in [0.25, 0.3) is 11.5 Å². The summed E-state index contributed by atoms with van der Waals surface area (Å²) in [6.45, 7) is 0. The number of anilines is 1. The minimum absolute atomic E-state index is 0.0812. The Hall–Kier alpha value is -2.22. The van der Waals surface area contributed by atoms with Crippen molar-refractivity contribution in [2.75, 3.05) is 5.32 Å². The Balaban J connectivity index is 1.77. The molecule has 5 nitrogen and oxygen atoms in total. The largest absolute Gasteiger partial charge is 0.403 e. The first kappa shape index (κ1) is 13.7. The Morgan fingerprint density at radius 2 is 1.86 bits per heavy atom. The van der Waals surface area contributed by atoms with Crippen molar-refractivity contribution in [3.63, 3.8) is 0 Å². The Bertz CT molecular complexity index is 771. The van der Waals surface area contributed by atoms with Gasteiger partial charge in [-0.1, -0.05) is 29.4 Å². The van der Waals surface area contributed by atoms with Crippen LogP contribution in [0.4, 0.5) is 6.01 Å². The lowest BCUT2D eigenvalue weighted by atomic mass is 10.2. The normalized spacial score (nSPS) is 10.3. The first-order valence-electron chi connectivity index (χ1n) is 6.18. The van der Waals surface area contributed by atoms with E-state index in [2.05, 4.69) is 38.1 Å². The van der Waals surface area contributed by atoms with Crippen molar-refractivity contribution in [3.05, 3.63) is 63.7 Å². The fourth-order valence-electron chi connectivity index (χ4n) is 1.77. The van der Waals surface area contributed by atoms with Gasteiger partial charge in [0.05, 0.1) is 0 Å². The van der Waals surface area contributed by atoms with Crippen molar-refractivity contribution in [3.8, 4) is 11.5 Å². The average molecular weight is 391 g/mol. The van der Waals surface area contributed by atoms with E-state index in [1.807, 2.05) is 42.5 Å². The van der Waals surface area contributed by atoms with Crippen LogP contribution in [0.3, 0.4) is 0 Å². The second kappa shape index (κ2) is 6.04. The van der Waals surface area contributed by atoms with Crippen molar-refractivity contribution < 1.29 is 9.21 Å². The Morgan fingerprint density at radius 1 is 1.05 bits per heavy atom. The highest BCUT2D eigenvalue weighted by molar-refractivity contribution is 14.1. The molecule has 0 saturated carbocycles. The molecule has 104 valence electrons. The smallest absolute Gasteiger partial charge is 0.322 e. The van der Waals surface area contributed by atoms with Crippen LogP contribution in [-0.4, -0.2) is 16.1 Å². The molecule has 0 aliphatic heterocycles. The number of carbonyl (C=O) groups is 1. The van der Waals surface area contributed by atoms with Gasteiger partial charge >= 0.3 is 6.01 Å². The molecule has 0 unspecified atom stereocenters. The van der Waals surface area contributed by atoms with Gasteiger partial charge in [-0.3, -0.25) is 10.1 Å². The van der Waals surface area contributed by atoms with Crippen LogP contribution in [0.2, 0.25) is 0 Å². The molecule has 1 heterocycles. The van der Waals surface area contributed by atoms with E-state index < -0.39 is 0 Å². The van der Waals surface area contributed by atoms with E-state index in [0.29, 0.717) is 11.5 Å². The molecule has 6 heteroatoms. The fraction of sp³-hybridized carbons (Fsp3) is 0. The molecule has 0 radical (unpaired) electrons. The maximum absolute atomic E-state index is 12.1. The minimum Gasteiger partial charge on any atom is -0.403 e. The summed E-state index contributed by atoms with van der Waals surface area (Å²) in [5.41, 5.74) is 1.35. The number of nitrogens with one attached hydrogen (secondary N) is 1. The molecule has 0 spiro atoms. The van der Waals surface area contributed by atoms with Gasteiger partial charge in [-0.05, 0) is 52.9 Å². The molecule has 0 aliphatic carbocycles. The first-order chi connectivity index (χ1) is 10.2. The van der Waals surface area contributed by atoms with Gasteiger partial charge in [0.25, 0.3) is 5.91 Å². The molecule has 3 aromatic rings. The van der Waals surface area contributed by atoms with Crippen LogP contribution in [-0.2, 0) is 0 Å². The molecule has 0 aliphatic rings. The van der Waals surface area contributed by atoms with Crippen molar-refractivity contribution in [1.29, 1.82) is 0 Å². The van der Waals surface area contributed by atoms with Crippen molar-refractivity contribution in [2.45, 2.75) is 0 Å². The Labute approximate surface area is 134 Å². The zero-order chi connectivity index (χ0) is 14.7. The number of rotatable bonds is 3. The van der Waals surface area contributed by atoms with Gasteiger partial charge in [-0.2, -0.15) is 0 Å². The lowest BCUT2D eigenvalue weighted by Gasteiger charge is -2.00. The Kier molecular flexibility index (Phi) is 3.96. The molecule has 3 rings (SSSR count). The van der Waals surface area contributed by atoms with Gasteiger partial charge in [0.1, 0.15) is 0 Å². The summed E-state index contributed by atoms with van der Waals surface area (Å²) < 4.78 is 6.42. The number of carbonyl (C=O) groups excluding carboxylic acids is 1. The third-order valence-corrected chi connectivity index (χ3v) is 3.42. The number of nitrogens with zero attached hydrogens (tertiary/aromatic N) is 2. The quantitative estimate of drug-likeness (QED) is 0.693. The van der Waals surface area contributed by atoms with Gasteiger partial charge < -0.3 is 4.42 Å². The molecule has 0 saturated heterocycles. The van der Waals surface area contributed by atoms with E-state index in [0.717, 1.165) is 9.13 Å². The van der Waals surface area contributed by atoms with E-state index in [-0.39, 0.29) is 11.9 Å². The number of hydrogen-bond donors (Lipinski definition) is 1. The third-order valence-electron chi connectivity index (χ3n) is 2.75. The van der Waals surface area contributed by atoms with E-state index in [9.17, 15) is 4.79 Å². The van der Waals surface area contributed by atoms with Crippen LogP contribution >= 0.6 is 22.6 Å². The van der Waals surface area contributed by atoms with Crippen LogP contribution in [0.1, 0.15) is 10.4 Å². The molecule has 0 fully saturated rings.